The lowest BCUT2D eigenvalue weighted by Crippen LogP contribution is -2.38. The van der Waals surface area contributed by atoms with E-state index in [4.69, 9.17) is 9.47 Å². The molecule has 1 fully saturated rings. The molecule has 0 aromatic heterocycles. The van der Waals surface area contributed by atoms with Gasteiger partial charge in [0.1, 0.15) is 18.1 Å². The first-order valence-corrected chi connectivity index (χ1v) is 11.3. The van der Waals surface area contributed by atoms with Crippen molar-refractivity contribution in [1.82, 2.24) is 5.32 Å². The van der Waals surface area contributed by atoms with Crippen molar-refractivity contribution in [1.29, 1.82) is 0 Å². The lowest BCUT2D eigenvalue weighted by molar-refractivity contribution is -0.146. The molecule has 31 heavy (non-hydrogen) atoms. The second kappa shape index (κ2) is 10.7. The second-order valence-electron chi connectivity index (χ2n) is 8.88. The molecule has 0 radical (unpaired) electrons. The van der Waals surface area contributed by atoms with Gasteiger partial charge >= 0.3 is 5.97 Å². The van der Waals surface area contributed by atoms with Crippen molar-refractivity contribution in [2.24, 2.45) is 0 Å². The number of phenols is 1. The first-order valence-electron chi connectivity index (χ1n) is 11.3. The van der Waals surface area contributed by atoms with Crippen LogP contribution in [0.4, 0.5) is 0 Å². The molecule has 2 aromatic rings. The number of esters is 1. The number of aromatic hydroxyl groups is 1. The van der Waals surface area contributed by atoms with E-state index in [1.54, 1.807) is 6.07 Å². The minimum Gasteiger partial charge on any atom is -0.508 e. The maximum Gasteiger partial charge on any atom is 0.344 e. The number of hydrogen-bond acceptors (Lipinski definition) is 5. The van der Waals surface area contributed by atoms with E-state index < -0.39 is 0 Å². The summed E-state index contributed by atoms with van der Waals surface area (Å²) in [5, 5.41) is 13.4. The number of hydrogen-bond donors (Lipinski definition) is 2. The summed E-state index contributed by atoms with van der Waals surface area (Å²) in [6.07, 6.45) is 4.20. The molecule has 1 heterocycles. The number of aryl methyl sites for hydroxylation is 2. The molecule has 5 nitrogen and oxygen atoms in total. The summed E-state index contributed by atoms with van der Waals surface area (Å²) in [5.41, 5.74) is 5.61. The zero-order chi connectivity index (χ0) is 22.4. The van der Waals surface area contributed by atoms with Gasteiger partial charge in [-0.2, -0.15) is 0 Å². The topological polar surface area (TPSA) is 67.8 Å². The van der Waals surface area contributed by atoms with Crippen LogP contribution < -0.4 is 10.1 Å². The summed E-state index contributed by atoms with van der Waals surface area (Å²) >= 11 is 0. The van der Waals surface area contributed by atoms with Crippen molar-refractivity contribution in [3.63, 3.8) is 0 Å². The summed E-state index contributed by atoms with van der Waals surface area (Å²) < 4.78 is 11.1. The summed E-state index contributed by atoms with van der Waals surface area (Å²) in [5.74, 6) is 0.964. The van der Waals surface area contributed by atoms with Crippen molar-refractivity contribution in [2.75, 3.05) is 19.8 Å². The molecule has 0 aliphatic carbocycles. The van der Waals surface area contributed by atoms with Crippen molar-refractivity contribution in [3.8, 4) is 11.5 Å². The van der Waals surface area contributed by atoms with Gasteiger partial charge < -0.3 is 19.9 Å². The van der Waals surface area contributed by atoms with Gasteiger partial charge in [0.05, 0.1) is 0 Å². The van der Waals surface area contributed by atoms with Gasteiger partial charge in [0.2, 0.25) is 0 Å². The van der Waals surface area contributed by atoms with Crippen LogP contribution in [0.1, 0.15) is 66.8 Å². The minimum absolute atomic E-state index is 0.0827. The van der Waals surface area contributed by atoms with Crippen LogP contribution in [-0.2, 0) is 16.0 Å². The van der Waals surface area contributed by atoms with Gasteiger partial charge in [0.25, 0.3) is 0 Å². The van der Waals surface area contributed by atoms with Crippen LogP contribution in [0.2, 0.25) is 0 Å². The summed E-state index contributed by atoms with van der Waals surface area (Å²) in [6, 6.07) is 10.0. The molecule has 1 unspecified atom stereocenters. The molecule has 1 saturated heterocycles. The number of ether oxygens (including phenoxy) is 2. The van der Waals surface area contributed by atoms with Crippen LogP contribution in [0.5, 0.6) is 11.5 Å². The first-order chi connectivity index (χ1) is 14.8. The fourth-order valence-electron chi connectivity index (χ4n) is 4.14. The largest absolute Gasteiger partial charge is 0.508 e. The Hall–Kier alpha value is -2.53. The molecule has 1 aliphatic rings. The van der Waals surface area contributed by atoms with E-state index in [9.17, 15) is 9.90 Å². The van der Waals surface area contributed by atoms with E-state index in [1.165, 1.54) is 24.0 Å². The fourth-order valence-corrected chi connectivity index (χ4v) is 4.14. The van der Waals surface area contributed by atoms with Crippen LogP contribution in [0.15, 0.2) is 30.3 Å². The molecule has 1 atom stereocenters. The van der Waals surface area contributed by atoms with Gasteiger partial charge in [-0.05, 0) is 91.6 Å². The standard InChI is InChI=1S/C26H35NO4/c1-17(2)23-13-20(8-9-25(23)28)14-24-18(3)11-22(12-19(24)4)30-16-26(29)31-15-21-7-5-6-10-27-21/h8-9,11-13,17,21,27-28H,5-7,10,14-16H2,1-4H3. The molecule has 0 saturated carbocycles. The molecule has 2 aromatic carbocycles. The van der Waals surface area contributed by atoms with Gasteiger partial charge in [-0.25, -0.2) is 4.79 Å². The molecule has 3 rings (SSSR count). The minimum atomic E-state index is -0.336. The van der Waals surface area contributed by atoms with Crippen molar-refractivity contribution in [2.45, 2.75) is 65.3 Å². The third-order valence-electron chi connectivity index (χ3n) is 5.98. The van der Waals surface area contributed by atoms with E-state index in [2.05, 4.69) is 39.1 Å². The van der Waals surface area contributed by atoms with Crippen LogP contribution >= 0.6 is 0 Å². The Morgan fingerprint density at radius 3 is 2.55 bits per heavy atom. The molecule has 5 heteroatoms. The van der Waals surface area contributed by atoms with Crippen molar-refractivity contribution < 1.29 is 19.4 Å². The van der Waals surface area contributed by atoms with Crippen LogP contribution in [0.25, 0.3) is 0 Å². The molecule has 2 N–H and O–H groups in total. The molecular formula is C26H35NO4. The molecule has 0 amide bonds. The number of phenolic OH excluding ortho intramolecular Hbond substituents is 1. The fraction of sp³-hybridized carbons (Fsp3) is 0.500. The van der Waals surface area contributed by atoms with Gasteiger partial charge in [0.15, 0.2) is 6.61 Å². The van der Waals surface area contributed by atoms with Gasteiger partial charge in [-0.15, -0.1) is 0 Å². The summed E-state index contributed by atoms with van der Waals surface area (Å²) in [7, 11) is 0. The lowest BCUT2D eigenvalue weighted by Gasteiger charge is -2.22. The van der Waals surface area contributed by atoms with E-state index >= 15 is 0 Å². The SMILES string of the molecule is Cc1cc(OCC(=O)OCC2CCCCN2)cc(C)c1Cc1ccc(O)c(C(C)C)c1. The average Bonchev–Trinajstić information content (AvgIpc) is 2.75. The number of piperidine rings is 1. The Morgan fingerprint density at radius 2 is 1.90 bits per heavy atom. The number of benzene rings is 2. The predicted molar refractivity (Wildman–Crippen MR) is 123 cm³/mol. The number of rotatable bonds is 8. The average molecular weight is 426 g/mol. The number of carbonyl (C=O) groups excluding carboxylic acids is 1. The first kappa shape index (κ1) is 23.1. The van der Waals surface area contributed by atoms with Gasteiger partial charge in [0, 0.05) is 6.04 Å². The van der Waals surface area contributed by atoms with Crippen molar-refractivity contribution in [3.05, 3.63) is 58.1 Å². The highest BCUT2D eigenvalue weighted by Gasteiger charge is 2.16. The Morgan fingerprint density at radius 1 is 1.16 bits per heavy atom. The Balaban J connectivity index is 1.58. The molecule has 0 spiro atoms. The highest BCUT2D eigenvalue weighted by Crippen LogP contribution is 2.29. The third-order valence-corrected chi connectivity index (χ3v) is 5.98. The van der Waals surface area contributed by atoms with Gasteiger partial charge in [-0.3, -0.25) is 0 Å². The normalized spacial score (nSPS) is 16.4. The highest BCUT2D eigenvalue weighted by molar-refractivity contribution is 5.71. The van der Waals surface area contributed by atoms with Crippen molar-refractivity contribution >= 4 is 5.97 Å². The Bertz CT molecular complexity index is 877. The van der Waals surface area contributed by atoms with Gasteiger partial charge in [-0.1, -0.05) is 32.4 Å². The zero-order valence-corrected chi connectivity index (χ0v) is 19.2. The van der Waals surface area contributed by atoms with E-state index in [0.29, 0.717) is 18.1 Å². The van der Waals surface area contributed by atoms with E-state index in [0.717, 1.165) is 36.1 Å². The second-order valence-corrected chi connectivity index (χ2v) is 8.88. The molecule has 168 valence electrons. The summed E-state index contributed by atoms with van der Waals surface area (Å²) in [4.78, 5) is 12.1. The maximum atomic E-state index is 12.1. The Kier molecular flexibility index (Phi) is 7.97. The highest BCUT2D eigenvalue weighted by atomic mass is 16.6. The van der Waals surface area contributed by atoms with E-state index in [1.807, 2.05) is 18.2 Å². The lowest BCUT2D eigenvalue weighted by atomic mass is 9.93. The maximum absolute atomic E-state index is 12.1. The number of carbonyl (C=O) groups is 1. The third kappa shape index (κ3) is 6.47. The summed E-state index contributed by atoms with van der Waals surface area (Å²) in [6.45, 7) is 9.60. The monoisotopic (exact) mass is 425 g/mol. The molecular weight excluding hydrogens is 390 g/mol. The zero-order valence-electron chi connectivity index (χ0n) is 19.2. The molecule has 1 aliphatic heterocycles. The van der Waals surface area contributed by atoms with Crippen LogP contribution in [-0.4, -0.2) is 36.9 Å². The predicted octanol–water partition coefficient (Wildman–Crippen LogP) is 4.79. The van der Waals surface area contributed by atoms with Crippen LogP contribution in [0.3, 0.4) is 0 Å². The van der Waals surface area contributed by atoms with E-state index in [-0.39, 0.29) is 24.5 Å². The number of nitrogens with one attached hydrogen (secondary N) is 1. The Labute approximate surface area is 185 Å². The molecule has 0 bridgehead atoms. The van der Waals surface area contributed by atoms with Crippen LogP contribution in [0, 0.1) is 13.8 Å². The smallest absolute Gasteiger partial charge is 0.344 e. The quantitative estimate of drug-likeness (QED) is 0.596.